The zero-order valence-corrected chi connectivity index (χ0v) is 11.5. The van der Waals surface area contributed by atoms with Crippen molar-refractivity contribution in [1.29, 1.82) is 5.26 Å². The number of nitrogens with zero attached hydrogens (tertiary/aromatic N) is 2. The molecule has 0 spiro atoms. The van der Waals surface area contributed by atoms with Crippen LogP contribution in [0.25, 0.3) is 0 Å². The Morgan fingerprint density at radius 2 is 2.11 bits per heavy atom. The number of nitrogens with one attached hydrogen (secondary N) is 1. The number of amides is 1. The van der Waals surface area contributed by atoms with Crippen LogP contribution in [0.5, 0.6) is 0 Å². The van der Waals surface area contributed by atoms with Crippen LogP contribution in [0.4, 0.5) is 4.79 Å². The SMILES string of the molecule is CCOC(=O)N1CCC(NCC(C)(C)C#N)CC1. The van der Waals surface area contributed by atoms with Crippen LogP contribution in [0.3, 0.4) is 0 Å². The molecule has 1 aliphatic heterocycles. The molecule has 0 radical (unpaired) electrons. The van der Waals surface area contributed by atoms with Crippen LogP contribution in [0.2, 0.25) is 0 Å². The highest BCUT2D eigenvalue weighted by molar-refractivity contribution is 5.67. The second-order valence-electron chi connectivity index (χ2n) is 5.34. The first-order valence-electron chi connectivity index (χ1n) is 6.55. The Kier molecular flexibility index (Phi) is 5.42. The van der Waals surface area contributed by atoms with Crippen molar-refractivity contribution in [1.82, 2.24) is 10.2 Å². The predicted molar refractivity (Wildman–Crippen MR) is 69.0 cm³/mol. The monoisotopic (exact) mass is 253 g/mol. The molecule has 5 nitrogen and oxygen atoms in total. The molecule has 0 saturated carbocycles. The van der Waals surface area contributed by atoms with E-state index in [1.54, 1.807) is 4.90 Å². The summed E-state index contributed by atoms with van der Waals surface area (Å²) in [4.78, 5) is 13.3. The van der Waals surface area contributed by atoms with Gasteiger partial charge >= 0.3 is 6.09 Å². The van der Waals surface area contributed by atoms with Gasteiger partial charge in [-0.25, -0.2) is 4.79 Å². The zero-order valence-electron chi connectivity index (χ0n) is 11.5. The molecule has 18 heavy (non-hydrogen) atoms. The molecule has 1 aliphatic rings. The van der Waals surface area contributed by atoms with E-state index in [-0.39, 0.29) is 11.5 Å². The maximum Gasteiger partial charge on any atom is 0.409 e. The summed E-state index contributed by atoms with van der Waals surface area (Å²) in [5.74, 6) is 0. The fourth-order valence-electron chi connectivity index (χ4n) is 1.92. The topological polar surface area (TPSA) is 65.4 Å². The van der Waals surface area contributed by atoms with Crippen LogP contribution in [0.15, 0.2) is 0 Å². The van der Waals surface area contributed by atoms with E-state index >= 15 is 0 Å². The average Bonchev–Trinajstić information content (AvgIpc) is 2.37. The van der Waals surface area contributed by atoms with Gasteiger partial charge in [-0.2, -0.15) is 5.26 Å². The summed E-state index contributed by atoms with van der Waals surface area (Å²) in [6.45, 7) is 8.23. The predicted octanol–water partition coefficient (Wildman–Crippen LogP) is 1.75. The third-order valence-electron chi connectivity index (χ3n) is 3.16. The number of rotatable bonds is 4. The first kappa shape index (κ1) is 14.8. The lowest BCUT2D eigenvalue weighted by atomic mass is 9.94. The maximum atomic E-state index is 11.5. The summed E-state index contributed by atoms with van der Waals surface area (Å²) in [5, 5.41) is 12.3. The van der Waals surface area contributed by atoms with Crippen molar-refractivity contribution in [3.63, 3.8) is 0 Å². The summed E-state index contributed by atoms with van der Waals surface area (Å²) in [7, 11) is 0. The minimum atomic E-state index is -0.335. The lowest BCUT2D eigenvalue weighted by Gasteiger charge is -2.32. The number of hydrogen-bond acceptors (Lipinski definition) is 4. The first-order chi connectivity index (χ1) is 8.48. The Bertz CT molecular complexity index is 315. The van der Waals surface area contributed by atoms with E-state index in [9.17, 15) is 4.79 Å². The highest BCUT2D eigenvalue weighted by atomic mass is 16.6. The normalized spacial score (nSPS) is 17.3. The van der Waals surface area contributed by atoms with Gasteiger partial charge in [-0.05, 0) is 33.6 Å². The molecule has 0 bridgehead atoms. The Hall–Kier alpha value is -1.28. The molecule has 102 valence electrons. The molecule has 0 aliphatic carbocycles. The summed E-state index contributed by atoms with van der Waals surface area (Å²) >= 11 is 0. The quantitative estimate of drug-likeness (QED) is 0.829. The average molecular weight is 253 g/mol. The molecule has 1 rings (SSSR count). The van der Waals surface area contributed by atoms with Gasteiger partial charge in [-0.1, -0.05) is 0 Å². The highest BCUT2D eigenvalue weighted by Crippen LogP contribution is 2.15. The van der Waals surface area contributed by atoms with E-state index < -0.39 is 0 Å². The molecule has 1 heterocycles. The number of carbonyl (C=O) groups excluding carboxylic acids is 1. The molecule has 1 saturated heterocycles. The Morgan fingerprint density at radius 1 is 1.50 bits per heavy atom. The summed E-state index contributed by atoms with van der Waals surface area (Å²) < 4.78 is 4.97. The largest absolute Gasteiger partial charge is 0.450 e. The van der Waals surface area contributed by atoms with Gasteiger partial charge in [0, 0.05) is 25.7 Å². The minimum Gasteiger partial charge on any atom is -0.450 e. The van der Waals surface area contributed by atoms with Crippen molar-refractivity contribution in [2.75, 3.05) is 26.2 Å². The van der Waals surface area contributed by atoms with Gasteiger partial charge in [0.05, 0.1) is 18.1 Å². The Morgan fingerprint density at radius 3 is 2.61 bits per heavy atom. The third-order valence-corrected chi connectivity index (χ3v) is 3.16. The van der Waals surface area contributed by atoms with Crippen LogP contribution in [0, 0.1) is 16.7 Å². The fourth-order valence-corrected chi connectivity index (χ4v) is 1.92. The van der Waals surface area contributed by atoms with Crippen LogP contribution >= 0.6 is 0 Å². The molecular weight excluding hydrogens is 230 g/mol. The molecule has 0 atom stereocenters. The number of hydrogen-bond donors (Lipinski definition) is 1. The Balaban J connectivity index is 2.28. The lowest BCUT2D eigenvalue weighted by Crippen LogP contribution is -2.46. The molecule has 1 fully saturated rings. The van der Waals surface area contributed by atoms with E-state index in [0.717, 1.165) is 25.9 Å². The van der Waals surface area contributed by atoms with E-state index in [0.29, 0.717) is 19.2 Å². The van der Waals surface area contributed by atoms with Gasteiger partial charge in [0.1, 0.15) is 0 Å². The number of carbonyl (C=O) groups is 1. The Labute approximate surface area is 109 Å². The van der Waals surface area contributed by atoms with Gasteiger partial charge in [-0.3, -0.25) is 0 Å². The number of likely N-dealkylation sites (tertiary alicyclic amines) is 1. The van der Waals surface area contributed by atoms with Crippen molar-refractivity contribution >= 4 is 6.09 Å². The van der Waals surface area contributed by atoms with Crippen LogP contribution in [0.1, 0.15) is 33.6 Å². The van der Waals surface area contributed by atoms with Gasteiger partial charge < -0.3 is 15.0 Å². The van der Waals surface area contributed by atoms with Gasteiger partial charge in [0.15, 0.2) is 0 Å². The van der Waals surface area contributed by atoms with Crippen LogP contribution in [-0.4, -0.2) is 43.3 Å². The summed E-state index contributed by atoms with van der Waals surface area (Å²) in [6.07, 6.45) is 1.62. The standard InChI is InChI=1S/C13H23N3O2/c1-4-18-12(17)16-7-5-11(6-8-16)15-10-13(2,3)9-14/h11,15H,4-8,10H2,1-3H3. The van der Waals surface area contributed by atoms with E-state index in [1.165, 1.54) is 0 Å². The fraction of sp³-hybridized carbons (Fsp3) is 0.846. The minimum absolute atomic E-state index is 0.215. The van der Waals surface area contributed by atoms with Gasteiger partial charge in [0.2, 0.25) is 0 Å². The van der Waals surface area contributed by atoms with Crippen molar-refractivity contribution in [2.45, 2.75) is 39.7 Å². The smallest absolute Gasteiger partial charge is 0.409 e. The number of piperidine rings is 1. The molecule has 0 aromatic carbocycles. The number of ether oxygens (including phenoxy) is 1. The van der Waals surface area contributed by atoms with Crippen molar-refractivity contribution < 1.29 is 9.53 Å². The summed E-state index contributed by atoms with van der Waals surface area (Å²) in [5.41, 5.74) is -0.335. The molecule has 5 heteroatoms. The molecule has 0 aromatic heterocycles. The second-order valence-corrected chi connectivity index (χ2v) is 5.34. The van der Waals surface area contributed by atoms with Crippen molar-refractivity contribution in [2.24, 2.45) is 5.41 Å². The van der Waals surface area contributed by atoms with E-state index in [4.69, 9.17) is 10.00 Å². The van der Waals surface area contributed by atoms with Crippen LogP contribution in [-0.2, 0) is 4.74 Å². The maximum absolute atomic E-state index is 11.5. The number of nitriles is 1. The van der Waals surface area contributed by atoms with Crippen LogP contribution < -0.4 is 5.32 Å². The molecular formula is C13H23N3O2. The van der Waals surface area contributed by atoms with Crippen molar-refractivity contribution in [3.05, 3.63) is 0 Å². The molecule has 1 N–H and O–H groups in total. The van der Waals surface area contributed by atoms with Crippen molar-refractivity contribution in [3.8, 4) is 6.07 Å². The molecule has 0 aromatic rings. The summed E-state index contributed by atoms with van der Waals surface area (Å²) in [6, 6.07) is 2.67. The van der Waals surface area contributed by atoms with E-state index in [1.807, 2.05) is 20.8 Å². The lowest BCUT2D eigenvalue weighted by molar-refractivity contribution is 0.0946. The highest BCUT2D eigenvalue weighted by Gasteiger charge is 2.25. The molecule has 0 unspecified atom stereocenters. The second kappa shape index (κ2) is 6.60. The zero-order chi connectivity index (χ0) is 13.6. The molecule has 1 amide bonds. The third kappa shape index (κ3) is 4.53. The van der Waals surface area contributed by atoms with Gasteiger partial charge in [0.25, 0.3) is 0 Å². The van der Waals surface area contributed by atoms with E-state index in [2.05, 4.69) is 11.4 Å². The first-order valence-corrected chi connectivity index (χ1v) is 6.55. The van der Waals surface area contributed by atoms with Gasteiger partial charge in [-0.15, -0.1) is 0 Å².